The summed E-state index contributed by atoms with van der Waals surface area (Å²) in [5.41, 5.74) is 1.26. The van der Waals surface area contributed by atoms with Gasteiger partial charge >= 0.3 is 0 Å². The summed E-state index contributed by atoms with van der Waals surface area (Å²) in [7, 11) is 3.29. The zero-order valence-corrected chi connectivity index (χ0v) is 21.5. The van der Waals surface area contributed by atoms with Gasteiger partial charge in [0.25, 0.3) is 0 Å². The lowest BCUT2D eigenvalue weighted by atomic mass is 10.1. The number of nitrogens with zero attached hydrogens (tertiary/aromatic N) is 1. The van der Waals surface area contributed by atoms with Gasteiger partial charge in [0.15, 0.2) is 11.5 Å². The highest BCUT2D eigenvalue weighted by molar-refractivity contribution is 5.42. The molecule has 1 aromatic carbocycles. The molecule has 0 aromatic heterocycles. The molecule has 2 atom stereocenters. The normalized spacial score (nSPS) is 15.5. The summed E-state index contributed by atoms with van der Waals surface area (Å²) in [6, 6.07) is 6.62. The lowest BCUT2D eigenvalue weighted by molar-refractivity contribution is 0.161. The van der Waals surface area contributed by atoms with Gasteiger partial charge in [0, 0.05) is 25.7 Å². The maximum absolute atomic E-state index is 9.20. The van der Waals surface area contributed by atoms with Crippen molar-refractivity contribution in [2.75, 3.05) is 33.9 Å². The fraction of sp³-hybridized carbons (Fsp3) is 0.760. The number of hydrogen-bond donors (Lipinski definition) is 2. The van der Waals surface area contributed by atoms with Crippen LogP contribution in [0.15, 0.2) is 18.2 Å². The highest BCUT2D eigenvalue weighted by Gasteiger charge is 2.22. The van der Waals surface area contributed by atoms with Gasteiger partial charge in [-0.3, -0.25) is 4.90 Å². The Bertz CT molecular complexity index is 466. The van der Waals surface area contributed by atoms with E-state index >= 15 is 0 Å². The highest BCUT2D eigenvalue weighted by Crippen LogP contribution is 2.27. The highest BCUT2D eigenvalue weighted by atomic mass is 16.5. The molecule has 0 amide bonds. The number of rotatable bonds is 5. The van der Waals surface area contributed by atoms with E-state index < -0.39 is 0 Å². The Morgan fingerprint density at radius 2 is 1.53 bits per heavy atom. The maximum Gasteiger partial charge on any atom is 0.160 e. The van der Waals surface area contributed by atoms with Crippen LogP contribution in [0.25, 0.3) is 0 Å². The van der Waals surface area contributed by atoms with Crippen LogP contribution >= 0.6 is 0 Å². The molecule has 1 unspecified atom stereocenters. The van der Waals surface area contributed by atoms with Crippen molar-refractivity contribution in [3.05, 3.63) is 23.8 Å². The molecule has 1 aliphatic rings. The summed E-state index contributed by atoms with van der Waals surface area (Å²) < 4.78 is 10.3. The van der Waals surface area contributed by atoms with Crippen LogP contribution in [0.4, 0.5) is 0 Å². The Hall–Kier alpha value is -1.30. The Balaban J connectivity index is -0.000000365. The molecule has 2 N–H and O–H groups in total. The average Bonchev–Trinajstić information content (AvgIpc) is 3.22. The number of likely N-dealkylation sites (tertiary alicyclic amines) is 1. The number of methoxy groups -OCH3 is 2. The third-order valence-corrected chi connectivity index (χ3v) is 4.27. The van der Waals surface area contributed by atoms with Crippen LogP contribution in [0.1, 0.15) is 80.2 Å². The lowest BCUT2D eigenvalue weighted by Crippen LogP contribution is -2.30. The second kappa shape index (κ2) is 24.0. The number of hydrogen-bond acceptors (Lipinski definition) is 5. The Morgan fingerprint density at radius 1 is 1.03 bits per heavy atom. The van der Waals surface area contributed by atoms with Crippen LogP contribution in [0.5, 0.6) is 11.5 Å². The summed E-state index contributed by atoms with van der Waals surface area (Å²) in [6.45, 7) is 18.7. The molecule has 1 saturated heterocycles. The fourth-order valence-corrected chi connectivity index (χ4v) is 2.53. The summed E-state index contributed by atoms with van der Waals surface area (Å²) >= 11 is 0. The molecule has 5 nitrogen and oxygen atoms in total. The van der Waals surface area contributed by atoms with Crippen molar-refractivity contribution < 1.29 is 19.7 Å². The van der Waals surface area contributed by atoms with Crippen LogP contribution in [0.3, 0.4) is 0 Å². The molecule has 30 heavy (non-hydrogen) atoms. The van der Waals surface area contributed by atoms with Crippen LogP contribution in [-0.2, 0) is 6.42 Å². The summed E-state index contributed by atoms with van der Waals surface area (Å²) in [5, 5.41) is 16.8. The van der Waals surface area contributed by atoms with Gasteiger partial charge in [0.1, 0.15) is 0 Å². The number of ether oxygens (including phenoxy) is 2. The number of aliphatic hydroxyl groups is 2. The van der Waals surface area contributed by atoms with Crippen molar-refractivity contribution in [1.82, 2.24) is 4.90 Å². The molecule has 5 heteroatoms. The third-order valence-electron chi connectivity index (χ3n) is 4.27. The van der Waals surface area contributed by atoms with Gasteiger partial charge in [-0.25, -0.2) is 0 Å². The van der Waals surface area contributed by atoms with E-state index in [0.717, 1.165) is 37.4 Å². The molecular formula is C25H51NO4. The predicted octanol–water partition coefficient (Wildman–Crippen LogP) is 5.56. The zero-order valence-electron chi connectivity index (χ0n) is 21.5. The van der Waals surface area contributed by atoms with Gasteiger partial charge in [-0.1, -0.05) is 54.0 Å². The monoisotopic (exact) mass is 429 g/mol. The van der Waals surface area contributed by atoms with E-state index in [1.54, 1.807) is 21.1 Å². The van der Waals surface area contributed by atoms with Gasteiger partial charge in [-0.15, -0.1) is 0 Å². The van der Waals surface area contributed by atoms with Crippen LogP contribution in [0.2, 0.25) is 0 Å². The largest absolute Gasteiger partial charge is 0.493 e. The zero-order chi connectivity index (χ0) is 23.9. The molecule has 0 spiro atoms. The standard InChI is InChI=1S/C10H14O2.C8H17NO.C3H8.C2H6O.C2H6/c1-4-8-5-6-9(11-2)10(7-8)12-3;1-3-7(2)9-5-4-8(10)6-9;1-3-2;1-2-3;1-2/h5-7H,4H2,1-3H3;7-8,10H,3-6H2,1-2H3;3H2,1-2H3;3H,2H2,1H3;1-2H3/t;7?,8-;;;/m.1.../s1. The van der Waals surface area contributed by atoms with Gasteiger partial charge in [-0.05, 0) is 50.8 Å². The fourth-order valence-electron chi connectivity index (χ4n) is 2.53. The molecule has 1 aliphatic heterocycles. The van der Waals surface area contributed by atoms with E-state index in [4.69, 9.17) is 14.6 Å². The van der Waals surface area contributed by atoms with E-state index in [9.17, 15) is 5.11 Å². The first-order valence-corrected chi connectivity index (χ1v) is 11.6. The van der Waals surface area contributed by atoms with Crippen molar-refractivity contribution in [3.63, 3.8) is 0 Å². The predicted molar refractivity (Wildman–Crippen MR) is 131 cm³/mol. The minimum Gasteiger partial charge on any atom is -0.493 e. The van der Waals surface area contributed by atoms with Crippen molar-refractivity contribution in [3.8, 4) is 11.5 Å². The molecule has 0 saturated carbocycles. The molecule has 0 aliphatic carbocycles. The maximum atomic E-state index is 9.20. The first-order chi connectivity index (χ1) is 14.4. The smallest absolute Gasteiger partial charge is 0.160 e. The van der Waals surface area contributed by atoms with Gasteiger partial charge in [0.05, 0.1) is 20.3 Å². The molecule has 180 valence electrons. The van der Waals surface area contributed by atoms with Gasteiger partial charge < -0.3 is 19.7 Å². The number of β-amino-alcohol motifs (C(OH)–C–C–N with tert-alkyl or cyclic N) is 1. The molecule has 0 radical (unpaired) electrons. The van der Waals surface area contributed by atoms with Crippen molar-refractivity contribution >= 4 is 0 Å². The van der Waals surface area contributed by atoms with Crippen molar-refractivity contribution in [2.24, 2.45) is 0 Å². The minimum atomic E-state index is -0.0611. The Morgan fingerprint density at radius 3 is 1.87 bits per heavy atom. The topological polar surface area (TPSA) is 62.2 Å². The van der Waals surface area contributed by atoms with Crippen molar-refractivity contribution in [1.29, 1.82) is 0 Å². The average molecular weight is 430 g/mol. The van der Waals surface area contributed by atoms with Crippen molar-refractivity contribution in [2.45, 2.75) is 93.2 Å². The summed E-state index contributed by atoms with van der Waals surface area (Å²) in [4.78, 5) is 2.35. The molecule has 1 fully saturated rings. The van der Waals surface area contributed by atoms with E-state index in [2.05, 4.69) is 39.5 Å². The molecule has 1 heterocycles. The Kier molecular flexibility index (Phi) is 26.6. The molecule has 1 aromatic rings. The van der Waals surface area contributed by atoms with E-state index in [1.165, 1.54) is 18.4 Å². The summed E-state index contributed by atoms with van der Waals surface area (Å²) in [5.74, 6) is 1.59. The molecule has 2 rings (SSSR count). The van der Waals surface area contributed by atoms with Gasteiger partial charge in [-0.2, -0.15) is 0 Å². The second-order valence-electron chi connectivity index (χ2n) is 6.76. The Labute approximate surface area is 187 Å². The summed E-state index contributed by atoms with van der Waals surface area (Å²) in [6.07, 6.45) is 4.35. The first-order valence-electron chi connectivity index (χ1n) is 11.6. The van der Waals surface area contributed by atoms with Crippen LogP contribution in [-0.4, -0.2) is 61.2 Å². The van der Waals surface area contributed by atoms with E-state index in [1.807, 2.05) is 32.0 Å². The van der Waals surface area contributed by atoms with Gasteiger partial charge in [0.2, 0.25) is 0 Å². The third kappa shape index (κ3) is 16.5. The van der Waals surface area contributed by atoms with E-state index in [-0.39, 0.29) is 12.7 Å². The minimum absolute atomic E-state index is 0.0611. The quantitative estimate of drug-likeness (QED) is 0.642. The molecule has 0 bridgehead atoms. The molecular weight excluding hydrogens is 378 g/mol. The van der Waals surface area contributed by atoms with Crippen LogP contribution < -0.4 is 9.47 Å². The second-order valence-corrected chi connectivity index (χ2v) is 6.76. The SMILES string of the molecule is CC.CCC.CCC(C)N1CC[C@@H](O)C1.CCO.CCc1ccc(OC)c(OC)c1. The van der Waals surface area contributed by atoms with Crippen LogP contribution in [0, 0.1) is 0 Å². The lowest BCUT2D eigenvalue weighted by Gasteiger charge is -2.21. The number of benzene rings is 1. The number of aryl methyl sites for hydroxylation is 1. The first kappa shape index (κ1) is 33.3. The van der Waals surface area contributed by atoms with E-state index in [0.29, 0.717) is 6.04 Å². The number of aliphatic hydroxyl groups excluding tert-OH is 2.